The molecule has 0 bridgehead atoms. The monoisotopic (exact) mass is 284 g/mol. The summed E-state index contributed by atoms with van der Waals surface area (Å²) in [6.45, 7) is 1.06. The van der Waals surface area contributed by atoms with Gasteiger partial charge in [-0.2, -0.15) is 0 Å². The van der Waals surface area contributed by atoms with Gasteiger partial charge in [-0.05, 0) is 43.9 Å². The molecule has 1 amide bonds. The Hall–Kier alpha value is -1.13. The van der Waals surface area contributed by atoms with Gasteiger partial charge in [-0.3, -0.25) is 9.69 Å². The van der Waals surface area contributed by atoms with Crippen LogP contribution in [0.1, 0.15) is 24.8 Å². The summed E-state index contributed by atoms with van der Waals surface area (Å²) >= 11 is 5.74. The van der Waals surface area contributed by atoms with E-state index in [9.17, 15) is 9.18 Å². The van der Waals surface area contributed by atoms with Crippen LogP contribution in [0.3, 0.4) is 0 Å². The molecule has 104 valence electrons. The Morgan fingerprint density at radius 1 is 1.47 bits per heavy atom. The third-order valence-corrected chi connectivity index (χ3v) is 3.64. The average Bonchev–Trinajstić information content (AvgIpc) is 3.17. The second-order valence-electron chi connectivity index (χ2n) is 4.98. The Morgan fingerprint density at radius 3 is 2.84 bits per heavy atom. The zero-order valence-corrected chi connectivity index (χ0v) is 11.5. The van der Waals surface area contributed by atoms with Crippen LogP contribution in [0.25, 0.3) is 0 Å². The van der Waals surface area contributed by atoms with Crippen molar-refractivity contribution in [1.82, 2.24) is 4.90 Å². The van der Waals surface area contributed by atoms with Crippen LogP contribution >= 0.6 is 11.6 Å². The Kier molecular flexibility index (Phi) is 4.77. The van der Waals surface area contributed by atoms with Gasteiger partial charge in [-0.15, -0.1) is 0 Å². The first-order chi connectivity index (χ1) is 9.08. The number of carbonyl (C=O) groups excluding carboxylic acids is 1. The third kappa shape index (κ3) is 4.18. The summed E-state index contributed by atoms with van der Waals surface area (Å²) < 4.78 is 13.7. The maximum absolute atomic E-state index is 13.7. The van der Waals surface area contributed by atoms with Crippen LogP contribution in [0.15, 0.2) is 18.2 Å². The predicted octanol–water partition coefficient (Wildman–Crippen LogP) is 2.36. The summed E-state index contributed by atoms with van der Waals surface area (Å²) in [6, 6.07) is 5.53. The van der Waals surface area contributed by atoms with Gasteiger partial charge in [0.1, 0.15) is 5.82 Å². The highest BCUT2D eigenvalue weighted by Gasteiger charge is 2.29. The van der Waals surface area contributed by atoms with E-state index < -0.39 is 0 Å². The van der Waals surface area contributed by atoms with Crippen LogP contribution in [0.4, 0.5) is 4.39 Å². The summed E-state index contributed by atoms with van der Waals surface area (Å²) in [5, 5.41) is 0.161. The first kappa shape index (κ1) is 14.3. The number of nitrogens with two attached hydrogens (primary N) is 1. The molecule has 0 spiro atoms. The highest BCUT2D eigenvalue weighted by Crippen LogP contribution is 2.27. The third-order valence-electron chi connectivity index (χ3n) is 3.35. The van der Waals surface area contributed by atoms with E-state index in [2.05, 4.69) is 4.90 Å². The van der Waals surface area contributed by atoms with Crippen molar-refractivity contribution in [3.63, 3.8) is 0 Å². The highest BCUT2D eigenvalue weighted by atomic mass is 35.5. The molecule has 2 rings (SSSR count). The number of hydrogen-bond donors (Lipinski definition) is 1. The number of primary amides is 1. The molecule has 1 aromatic carbocycles. The Bertz CT molecular complexity index is 463. The molecule has 3 nitrogen and oxygen atoms in total. The van der Waals surface area contributed by atoms with Crippen LogP contribution in [-0.4, -0.2) is 29.9 Å². The van der Waals surface area contributed by atoms with Crippen molar-refractivity contribution >= 4 is 17.5 Å². The molecule has 19 heavy (non-hydrogen) atoms. The second kappa shape index (κ2) is 6.35. The van der Waals surface area contributed by atoms with E-state index in [1.807, 2.05) is 0 Å². The molecule has 2 N–H and O–H groups in total. The number of benzene rings is 1. The van der Waals surface area contributed by atoms with Gasteiger partial charge in [0.15, 0.2) is 0 Å². The normalized spacial score (nSPS) is 14.9. The quantitative estimate of drug-likeness (QED) is 0.835. The summed E-state index contributed by atoms with van der Waals surface area (Å²) in [5.41, 5.74) is 5.85. The molecule has 1 aliphatic rings. The molecule has 0 saturated heterocycles. The van der Waals surface area contributed by atoms with Crippen LogP contribution in [-0.2, 0) is 11.2 Å². The van der Waals surface area contributed by atoms with Gasteiger partial charge in [0.05, 0.1) is 11.6 Å². The van der Waals surface area contributed by atoms with Gasteiger partial charge in [0.25, 0.3) is 0 Å². The predicted molar refractivity (Wildman–Crippen MR) is 73.5 cm³/mol. The molecule has 1 aromatic rings. The molecule has 0 aliphatic heterocycles. The molecule has 0 unspecified atom stereocenters. The Morgan fingerprint density at radius 2 is 2.21 bits per heavy atom. The first-order valence-corrected chi connectivity index (χ1v) is 6.91. The maximum Gasteiger partial charge on any atom is 0.231 e. The molecule has 0 radical (unpaired) electrons. The van der Waals surface area contributed by atoms with Crippen molar-refractivity contribution in [3.05, 3.63) is 34.6 Å². The SMILES string of the molecule is NC(=O)CN(CCCc1cccc(Cl)c1F)C1CC1. The minimum Gasteiger partial charge on any atom is -0.369 e. The van der Waals surface area contributed by atoms with Gasteiger partial charge < -0.3 is 5.73 Å². The molecule has 5 heteroatoms. The number of rotatable bonds is 7. The number of amides is 1. The molecular weight excluding hydrogens is 267 g/mol. The van der Waals surface area contributed by atoms with Gasteiger partial charge in [0, 0.05) is 6.04 Å². The minimum atomic E-state index is -0.336. The van der Waals surface area contributed by atoms with E-state index >= 15 is 0 Å². The first-order valence-electron chi connectivity index (χ1n) is 6.53. The van der Waals surface area contributed by atoms with Crippen LogP contribution < -0.4 is 5.73 Å². The van der Waals surface area contributed by atoms with E-state index in [4.69, 9.17) is 17.3 Å². The summed E-state index contributed by atoms with van der Waals surface area (Å²) in [4.78, 5) is 13.1. The van der Waals surface area contributed by atoms with Crippen molar-refractivity contribution in [2.24, 2.45) is 5.73 Å². The molecule has 1 aliphatic carbocycles. The van der Waals surface area contributed by atoms with Gasteiger partial charge in [-0.25, -0.2) is 4.39 Å². The summed E-state index contributed by atoms with van der Waals surface area (Å²) in [7, 11) is 0. The van der Waals surface area contributed by atoms with Crippen molar-refractivity contribution in [3.8, 4) is 0 Å². The molecular formula is C14H18ClFN2O. The van der Waals surface area contributed by atoms with Crippen molar-refractivity contribution in [2.45, 2.75) is 31.7 Å². The lowest BCUT2D eigenvalue weighted by atomic mass is 10.1. The molecule has 0 atom stereocenters. The second-order valence-corrected chi connectivity index (χ2v) is 5.39. The molecule has 0 heterocycles. The molecule has 0 aromatic heterocycles. The molecule has 1 fully saturated rings. The average molecular weight is 285 g/mol. The van der Waals surface area contributed by atoms with Crippen molar-refractivity contribution in [1.29, 1.82) is 0 Å². The fourth-order valence-corrected chi connectivity index (χ4v) is 2.44. The van der Waals surface area contributed by atoms with Crippen LogP contribution in [0.2, 0.25) is 5.02 Å². The lowest BCUT2D eigenvalue weighted by Crippen LogP contribution is -2.36. The smallest absolute Gasteiger partial charge is 0.231 e. The fraction of sp³-hybridized carbons (Fsp3) is 0.500. The Balaban J connectivity index is 1.84. The van der Waals surface area contributed by atoms with Gasteiger partial charge in [0.2, 0.25) is 5.91 Å². The lowest BCUT2D eigenvalue weighted by molar-refractivity contribution is -0.119. The van der Waals surface area contributed by atoms with E-state index in [1.54, 1.807) is 18.2 Å². The number of hydrogen-bond acceptors (Lipinski definition) is 2. The fourth-order valence-electron chi connectivity index (χ4n) is 2.24. The van der Waals surface area contributed by atoms with Gasteiger partial charge in [-0.1, -0.05) is 23.7 Å². The standard InChI is InChI=1S/C14H18ClFN2O/c15-12-5-1-3-10(14(12)16)4-2-8-18(9-13(17)19)11-6-7-11/h1,3,5,11H,2,4,6-9H2,(H2,17,19). The largest absolute Gasteiger partial charge is 0.369 e. The topological polar surface area (TPSA) is 46.3 Å². The number of halogens is 2. The van der Waals surface area contributed by atoms with E-state index in [-0.39, 0.29) is 16.7 Å². The highest BCUT2D eigenvalue weighted by molar-refractivity contribution is 6.30. The Labute approximate surface area is 117 Å². The van der Waals surface area contributed by atoms with Gasteiger partial charge >= 0.3 is 0 Å². The van der Waals surface area contributed by atoms with Crippen molar-refractivity contribution in [2.75, 3.05) is 13.1 Å². The number of carbonyl (C=O) groups is 1. The summed E-state index contributed by atoms with van der Waals surface area (Å²) in [6.07, 6.45) is 3.66. The zero-order valence-electron chi connectivity index (χ0n) is 10.7. The number of nitrogens with zero attached hydrogens (tertiary/aromatic N) is 1. The van der Waals surface area contributed by atoms with E-state index in [1.165, 1.54) is 0 Å². The zero-order chi connectivity index (χ0) is 13.8. The van der Waals surface area contributed by atoms with Crippen LogP contribution in [0.5, 0.6) is 0 Å². The van der Waals surface area contributed by atoms with E-state index in [0.29, 0.717) is 24.6 Å². The number of aryl methyl sites for hydroxylation is 1. The lowest BCUT2D eigenvalue weighted by Gasteiger charge is -2.20. The molecule has 1 saturated carbocycles. The summed E-state index contributed by atoms with van der Waals surface area (Å²) in [5.74, 6) is -0.641. The van der Waals surface area contributed by atoms with Crippen molar-refractivity contribution < 1.29 is 9.18 Å². The van der Waals surface area contributed by atoms with E-state index in [0.717, 1.165) is 25.8 Å². The minimum absolute atomic E-state index is 0.161. The maximum atomic E-state index is 13.7. The van der Waals surface area contributed by atoms with Crippen LogP contribution in [0, 0.1) is 5.82 Å².